The second-order valence-electron chi connectivity index (χ2n) is 3.75. The van der Waals surface area contributed by atoms with Gasteiger partial charge in [0.25, 0.3) is 0 Å². The van der Waals surface area contributed by atoms with E-state index in [1.807, 2.05) is 6.92 Å². The van der Waals surface area contributed by atoms with Gasteiger partial charge in [0.2, 0.25) is 0 Å². The number of methoxy groups -OCH3 is 1. The van der Waals surface area contributed by atoms with Crippen molar-refractivity contribution >= 4 is 11.6 Å². The summed E-state index contributed by atoms with van der Waals surface area (Å²) in [7, 11) is 1.57. The summed E-state index contributed by atoms with van der Waals surface area (Å²) in [5.41, 5.74) is 6.94. The predicted molar refractivity (Wildman–Crippen MR) is 64.7 cm³/mol. The molecule has 2 N–H and O–H groups in total. The molecule has 0 saturated carbocycles. The van der Waals surface area contributed by atoms with E-state index in [4.69, 9.17) is 22.1 Å². The van der Waals surface area contributed by atoms with Crippen LogP contribution in [0.5, 0.6) is 5.75 Å². The lowest BCUT2D eigenvalue weighted by molar-refractivity contribution is 0.404. The van der Waals surface area contributed by atoms with Crippen LogP contribution in [-0.2, 0) is 6.42 Å². The van der Waals surface area contributed by atoms with Crippen molar-refractivity contribution in [1.82, 2.24) is 0 Å². The van der Waals surface area contributed by atoms with Crippen molar-refractivity contribution in [2.24, 2.45) is 5.73 Å². The summed E-state index contributed by atoms with van der Waals surface area (Å²) < 4.78 is 18.7. The van der Waals surface area contributed by atoms with Crippen molar-refractivity contribution in [3.63, 3.8) is 0 Å². The molecule has 0 amide bonds. The predicted octanol–water partition coefficient (Wildman–Crippen LogP) is 3.08. The molecule has 0 bridgehead atoms. The lowest BCUT2D eigenvalue weighted by Crippen LogP contribution is -2.02. The first-order chi connectivity index (χ1) is 7.61. The highest BCUT2D eigenvalue weighted by atomic mass is 35.5. The normalized spacial score (nSPS) is 10.6. The molecule has 0 saturated heterocycles. The van der Waals surface area contributed by atoms with E-state index in [-0.39, 0.29) is 10.8 Å². The lowest BCUT2D eigenvalue weighted by Gasteiger charge is -2.13. The van der Waals surface area contributed by atoms with Crippen molar-refractivity contribution in [3.05, 3.63) is 28.0 Å². The van der Waals surface area contributed by atoms with Crippen LogP contribution in [0.4, 0.5) is 4.39 Å². The first-order valence-corrected chi connectivity index (χ1v) is 5.71. The third-order valence-electron chi connectivity index (χ3n) is 2.54. The average Bonchev–Trinajstić information content (AvgIpc) is 2.25. The minimum Gasteiger partial charge on any atom is -0.496 e. The standard InChI is InChI=1S/C12H17ClFNO/c1-8-7-10(14)11(13)9(12(8)16-2)5-3-4-6-15/h7H,3-6,15H2,1-2H3. The Morgan fingerprint density at radius 1 is 1.44 bits per heavy atom. The van der Waals surface area contributed by atoms with Crippen LogP contribution in [0.3, 0.4) is 0 Å². The molecule has 1 aromatic carbocycles. The van der Waals surface area contributed by atoms with E-state index in [1.54, 1.807) is 7.11 Å². The van der Waals surface area contributed by atoms with Gasteiger partial charge >= 0.3 is 0 Å². The second kappa shape index (κ2) is 6.06. The minimum absolute atomic E-state index is 0.166. The first-order valence-electron chi connectivity index (χ1n) is 5.33. The molecular weight excluding hydrogens is 229 g/mol. The molecule has 0 aromatic heterocycles. The topological polar surface area (TPSA) is 35.2 Å². The molecule has 1 aromatic rings. The highest BCUT2D eigenvalue weighted by Crippen LogP contribution is 2.33. The third-order valence-corrected chi connectivity index (χ3v) is 2.94. The third kappa shape index (κ3) is 2.86. The number of aryl methyl sites for hydroxylation is 1. The van der Waals surface area contributed by atoms with E-state index >= 15 is 0 Å². The van der Waals surface area contributed by atoms with Gasteiger partial charge in [0.15, 0.2) is 0 Å². The highest BCUT2D eigenvalue weighted by Gasteiger charge is 2.15. The Bertz CT molecular complexity index is 369. The largest absolute Gasteiger partial charge is 0.496 e. The summed E-state index contributed by atoms with van der Waals surface area (Å²) in [5.74, 6) is 0.297. The molecule has 0 aliphatic rings. The van der Waals surface area contributed by atoms with Crippen molar-refractivity contribution in [2.45, 2.75) is 26.2 Å². The van der Waals surface area contributed by atoms with Crippen molar-refractivity contribution in [3.8, 4) is 5.75 Å². The van der Waals surface area contributed by atoms with Crippen LogP contribution in [0.25, 0.3) is 0 Å². The van der Waals surface area contributed by atoms with Gasteiger partial charge in [0.1, 0.15) is 11.6 Å². The molecule has 0 heterocycles. The van der Waals surface area contributed by atoms with E-state index < -0.39 is 0 Å². The average molecular weight is 246 g/mol. The number of hydrogen-bond donors (Lipinski definition) is 1. The van der Waals surface area contributed by atoms with Gasteiger partial charge in [-0.25, -0.2) is 4.39 Å². The lowest BCUT2D eigenvalue weighted by atomic mass is 10.0. The number of halogens is 2. The number of unbranched alkanes of at least 4 members (excludes halogenated alkanes) is 1. The van der Waals surface area contributed by atoms with Crippen molar-refractivity contribution < 1.29 is 9.13 Å². The number of benzene rings is 1. The van der Waals surface area contributed by atoms with Crippen LogP contribution in [0.2, 0.25) is 5.02 Å². The fraction of sp³-hybridized carbons (Fsp3) is 0.500. The summed E-state index contributed by atoms with van der Waals surface area (Å²) in [4.78, 5) is 0. The number of nitrogens with two attached hydrogens (primary N) is 1. The van der Waals surface area contributed by atoms with E-state index in [0.717, 1.165) is 24.0 Å². The van der Waals surface area contributed by atoms with Crippen LogP contribution in [0.1, 0.15) is 24.0 Å². The molecule has 0 radical (unpaired) electrons. The smallest absolute Gasteiger partial charge is 0.142 e. The van der Waals surface area contributed by atoms with Gasteiger partial charge in [-0.05, 0) is 44.4 Å². The Kier molecular flexibility index (Phi) is 5.03. The molecular formula is C12H17ClFNO. The Morgan fingerprint density at radius 3 is 2.69 bits per heavy atom. The molecule has 4 heteroatoms. The maximum atomic E-state index is 13.5. The molecule has 0 aliphatic heterocycles. The first kappa shape index (κ1) is 13.3. The molecule has 90 valence electrons. The van der Waals surface area contributed by atoms with Gasteiger partial charge in [0, 0.05) is 5.56 Å². The molecule has 0 unspecified atom stereocenters. The maximum Gasteiger partial charge on any atom is 0.142 e. The van der Waals surface area contributed by atoms with Gasteiger partial charge in [-0.2, -0.15) is 0 Å². The SMILES string of the molecule is COc1c(C)cc(F)c(Cl)c1CCCCN. The Morgan fingerprint density at radius 2 is 2.12 bits per heavy atom. The van der Waals surface area contributed by atoms with Crippen LogP contribution in [0.15, 0.2) is 6.07 Å². The Hall–Kier alpha value is -0.800. The molecule has 0 fully saturated rings. The monoisotopic (exact) mass is 245 g/mol. The zero-order valence-electron chi connectivity index (χ0n) is 9.65. The highest BCUT2D eigenvalue weighted by molar-refractivity contribution is 6.31. The van der Waals surface area contributed by atoms with Gasteiger partial charge in [-0.1, -0.05) is 11.6 Å². The number of hydrogen-bond acceptors (Lipinski definition) is 2. The number of rotatable bonds is 5. The summed E-state index contributed by atoms with van der Waals surface area (Å²) in [6.45, 7) is 2.44. The molecule has 2 nitrogen and oxygen atoms in total. The fourth-order valence-electron chi connectivity index (χ4n) is 1.75. The van der Waals surface area contributed by atoms with Crippen molar-refractivity contribution in [2.75, 3.05) is 13.7 Å². The van der Waals surface area contributed by atoms with E-state index in [1.165, 1.54) is 6.07 Å². The summed E-state index contributed by atoms with van der Waals surface area (Å²) >= 11 is 5.94. The van der Waals surface area contributed by atoms with Crippen LogP contribution >= 0.6 is 11.6 Å². The molecule has 16 heavy (non-hydrogen) atoms. The Balaban J connectivity index is 3.02. The quantitative estimate of drug-likeness (QED) is 0.810. The number of ether oxygens (including phenoxy) is 1. The summed E-state index contributed by atoms with van der Waals surface area (Å²) in [6.07, 6.45) is 2.47. The molecule has 1 rings (SSSR count). The minimum atomic E-state index is -0.386. The zero-order valence-corrected chi connectivity index (χ0v) is 10.4. The van der Waals surface area contributed by atoms with Crippen LogP contribution in [0, 0.1) is 12.7 Å². The van der Waals surface area contributed by atoms with Crippen molar-refractivity contribution in [1.29, 1.82) is 0 Å². The van der Waals surface area contributed by atoms with Gasteiger partial charge in [-0.3, -0.25) is 0 Å². The van der Waals surface area contributed by atoms with Gasteiger partial charge in [0.05, 0.1) is 12.1 Å². The second-order valence-corrected chi connectivity index (χ2v) is 4.12. The Labute approximate surface area is 101 Å². The zero-order chi connectivity index (χ0) is 12.1. The molecule has 0 spiro atoms. The fourth-order valence-corrected chi connectivity index (χ4v) is 1.99. The maximum absolute atomic E-state index is 13.5. The van der Waals surface area contributed by atoms with E-state index in [2.05, 4.69) is 0 Å². The molecule has 0 atom stereocenters. The van der Waals surface area contributed by atoms with Crippen LogP contribution in [-0.4, -0.2) is 13.7 Å². The summed E-state index contributed by atoms with van der Waals surface area (Å²) in [6, 6.07) is 1.40. The van der Waals surface area contributed by atoms with Gasteiger partial charge < -0.3 is 10.5 Å². The van der Waals surface area contributed by atoms with E-state index in [0.29, 0.717) is 18.7 Å². The molecule has 0 aliphatic carbocycles. The van der Waals surface area contributed by atoms with E-state index in [9.17, 15) is 4.39 Å². The van der Waals surface area contributed by atoms with Gasteiger partial charge in [-0.15, -0.1) is 0 Å². The summed E-state index contributed by atoms with van der Waals surface area (Å²) in [5, 5.41) is 0.166. The van der Waals surface area contributed by atoms with Crippen LogP contribution < -0.4 is 10.5 Å².